The molecule has 1 aromatic rings. The minimum absolute atomic E-state index is 0.584. The molecular formula is C15H19N. The molecule has 0 aliphatic carbocycles. The second-order valence-electron chi connectivity index (χ2n) is 3.79. The maximum Gasteiger partial charge on any atom is 0.0178 e. The molecule has 0 spiro atoms. The van der Waals surface area contributed by atoms with E-state index in [2.05, 4.69) is 37.8 Å². The molecule has 0 bridgehead atoms. The molecule has 0 aromatic heterocycles. The normalized spacial score (nSPS) is 12.1. The van der Waals surface area contributed by atoms with E-state index in [1.165, 1.54) is 5.57 Å². The lowest BCUT2D eigenvalue weighted by Gasteiger charge is -2.02. The Kier molecular flexibility index (Phi) is 4.74. The van der Waals surface area contributed by atoms with Crippen molar-refractivity contribution in [2.24, 2.45) is 5.73 Å². The highest BCUT2D eigenvalue weighted by atomic mass is 14.5. The Bertz CT molecular complexity index is 408. The number of rotatable bonds is 4. The van der Waals surface area contributed by atoms with Crippen molar-refractivity contribution in [1.29, 1.82) is 0 Å². The van der Waals surface area contributed by atoms with E-state index in [9.17, 15) is 0 Å². The van der Waals surface area contributed by atoms with Gasteiger partial charge in [-0.1, -0.05) is 54.6 Å². The van der Waals surface area contributed by atoms with Crippen LogP contribution in [0.25, 0.3) is 5.57 Å². The Labute approximate surface area is 98.0 Å². The molecular weight excluding hydrogens is 194 g/mol. The second kappa shape index (κ2) is 6.09. The fourth-order valence-corrected chi connectivity index (χ4v) is 1.28. The van der Waals surface area contributed by atoms with Crippen LogP contribution in [0.15, 0.2) is 54.6 Å². The van der Waals surface area contributed by atoms with Gasteiger partial charge in [0.15, 0.2) is 0 Å². The summed E-state index contributed by atoms with van der Waals surface area (Å²) in [4.78, 5) is 0. The van der Waals surface area contributed by atoms with E-state index in [0.717, 1.165) is 16.7 Å². The van der Waals surface area contributed by atoms with Crippen LogP contribution >= 0.6 is 0 Å². The van der Waals surface area contributed by atoms with Gasteiger partial charge in [0.1, 0.15) is 0 Å². The van der Waals surface area contributed by atoms with Crippen LogP contribution in [-0.4, -0.2) is 0 Å². The zero-order valence-electron chi connectivity index (χ0n) is 10.0. The van der Waals surface area contributed by atoms with Crippen molar-refractivity contribution < 1.29 is 0 Å². The van der Waals surface area contributed by atoms with Crippen LogP contribution in [0, 0.1) is 0 Å². The number of hydrogen-bond acceptors (Lipinski definition) is 1. The molecule has 1 aromatic carbocycles. The van der Waals surface area contributed by atoms with E-state index < -0.39 is 0 Å². The van der Waals surface area contributed by atoms with Crippen LogP contribution in [0.1, 0.15) is 25.0 Å². The number of benzene rings is 1. The summed E-state index contributed by atoms with van der Waals surface area (Å²) in [6, 6.07) is 8.19. The quantitative estimate of drug-likeness (QED) is 0.759. The fraction of sp³-hybridized carbons (Fsp3) is 0.200. The Morgan fingerprint density at radius 1 is 1.25 bits per heavy atom. The third-order valence-corrected chi connectivity index (χ3v) is 2.56. The maximum absolute atomic E-state index is 5.55. The molecule has 0 heterocycles. The topological polar surface area (TPSA) is 26.0 Å². The average molecular weight is 213 g/mol. The zero-order chi connectivity index (χ0) is 12.0. The number of nitrogens with two attached hydrogens (primary N) is 1. The summed E-state index contributed by atoms with van der Waals surface area (Å²) in [5, 5.41) is 0. The van der Waals surface area contributed by atoms with E-state index in [1.807, 2.05) is 25.1 Å². The molecule has 0 fully saturated rings. The van der Waals surface area contributed by atoms with Crippen molar-refractivity contribution in [3.05, 3.63) is 65.8 Å². The molecule has 0 saturated carbocycles. The highest BCUT2D eigenvalue weighted by molar-refractivity contribution is 5.72. The first-order valence-corrected chi connectivity index (χ1v) is 5.46. The van der Waals surface area contributed by atoms with Gasteiger partial charge in [0.05, 0.1) is 0 Å². The summed E-state index contributed by atoms with van der Waals surface area (Å²) in [5.74, 6) is 0. The lowest BCUT2D eigenvalue weighted by atomic mass is 10.0. The predicted octanol–water partition coefficient (Wildman–Crippen LogP) is 3.68. The van der Waals surface area contributed by atoms with Gasteiger partial charge in [-0.05, 0) is 30.5 Å². The van der Waals surface area contributed by atoms with Crippen LogP contribution < -0.4 is 5.73 Å². The van der Waals surface area contributed by atoms with Crippen LogP contribution in [0.4, 0.5) is 0 Å². The lowest BCUT2D eigenvalue weighted by Crippen LogP contribution is -1.95. The van der Waals surface area contributed by atoms with Gasteiger partial charge in [0.25, 0.3) is 0 Å². The maximum atomic E-state index is 5.55. The zero-order valence-corrected chi connectivity index (χ0v) is 10.0. The monoisotopic (exact) mass is 213 g/mol. The Balaban J connectivity index is 2.77. The minimum atomic E-state index is 0.584. The summed E-state index contributed by atoms with van der Waals surface area (Å²) >= 11 is 0. The molecule has 84 valence electrons. The van der Waals surface area contributed by atoms with Gasteiger partial charge in [0.2, 0.25) is 0 Å². The number of hydrogen-bond donors (Lipinski definition) is 1. The van der Waals surface area contributed by atoms with Crippen molar-refractivity contribution >= 4 is 5.57 Å². The molecule has 0 amide bonds. The van der Waals surface area contributed by atoms with Gasteiger partial charge in [0, 0.05) is 6.54 Å². The molecule has 2 N–H and O–H groups in total. The second-order valence-corrected chi connectivity index (χ2v) is 3.79. The van der Waals surface area contributed by atoms with Crippen molar-refractivity contribution in [1.82, 2.24) is 0 Å². The average Bonchev–Trinajstić information content (AvgIpc) is 2.35. The summed E-state index contributed by atoms with van der Waals surface area (Å²) in [6.45, 7) is 8.72. The van der Waals surface area contributed by atoms with Gasteiger partial charge in [-0.15, -0.1) is 0 Å². The SMILES string of the molecule is C=C(/C=C\C(C)=C/C)c1ccc(CN)cc1. The van der Waals surface area contributed by atoms with E-state index >= 15 is 0 Å². The largest absolute Gasteiger partial charge is 0.326 e. The highest BCUT2D eigenvalue weighted by Crippen LogP contribution is 2.15. The Hall–Kier alpha value is -1.60. The van der Waals surface area contributed by atoms with Crippen molar-refractivity contribution in [3.8, 4) is 0 Å². The predicted molar refractivity (Wildman–Crippen MR) is 71.9 cm³/mol. The van der Waals surface area contributed by atoms with Gasteiger partial charge in [-0.25, -0.2) is 0 Å². The first-order valence-electron chi connectivity index (χ1n) is 5.46. The van der Waals surface area contributed by atoms with Gasteiger partial charge >= 0.3 is 0 Å². The van der Waals surface area contributed by atoms with Gasteiger partial charge in [-0.3, -0.25) is 0 Å². The van der Waals surface area contributed by atoms with Crippen LogP contribution in [0.2, 0.25) is 0 Å². The van der Waals surface area contributed by atoms with E-state index in [0.29, 0.717) is 6.54 Å². The van der Waals surface area contributed by atoms with Crippen molar-refractivity contribution in [3.63, 3.8) is 0 Å². The number of allylic oxidation sites excluding steroid dienone is 5. The summed E-state index contributed by atoms with van der Waals surface area (Å²) in [6.07, 6.45) is 6.17. The molecule has 0 aliphatic heterocycles. The third-order valence-electron chi connectivity index (χ3n) is 2.56. The minimum Gasteiger partial charge on any atom is -0.326 e. The molecule has 1 heteroatoms. The van der Waals surface area contributed by atoms with Crippen LogP contribution in [0.5, 0.6) is 0 Å². The molecule has 0 saturated heterocycles. The fourth-order valence-electron chi connectivity index (χ4n) is 1.28. The van der Waals surface area contributed by atoms with Crippen molar-refractivity contribution in [2.45, 2.75) is 20.4 Å². The molecule has 0 unspecified atom stereocenters. The summed E-state index contributed by atoms with van der Waals surface area (Å²) in [7, 11) is 0. The Morgan fingerprint density at radius 2 is 1.88 bits per heavy atom. The van der Waals surface area contributed by atoms with Crippen LogP contribution in [0.3, 0.4) is 0 Å². The molecule has 0 aliphatic rings. The van der Waals surface area contributed by atoms with E-state index in [1.54, 1.807) is 0 Å². The van der Waals surface area contributed by atoms with E-state index in [4.69, 9.17) is 5.73 Å². The van der Waals surface area contributed by atoms with Gasteiger partial charge < -0.3 is 5.73 Å². The molecule has 1 nitrogen and oxygen atoms in total. The summed E-state index contributed by atoms with van der Waals surface area (Å²) in [5.41, 5.74) is 10.1. The third kappa shape index (κ3) is 3.52. The molecule has 16 heavy (non-hydrogen) atoms. The molecule has 0 atom stereocenters. The van der Waals surface area contributed by atoms with Crippen molar-refractivity contribution in [2.75, 3.05) is 0 Å². The standard InChI is InChI=1S/C15H19N/c1-4-12(2)5-6-13(3)15-9-7-14(11-16)8-10-15/h4-10H,3,11,16H2,1-2H3/b6-5-,12-4-. The molecule has 0 radical (unpaired) electrons. The lowest BCUT2D eigenvalue weighted by molar-refractivity contribution is 1.07. The first-order chi connectivity index (χ1) is 7.67. The first kappa shape index (κ1) is 12.5. The summed E-state index contributed by atoms with van der Waals surface area (Å²) < 4.78 is 0. The Morgan fingerprint density at radius 3 is 2.38 bits per heavy atom. The molecule has 1 rings (SSSR count). The highest BCUT2D eigenvalue weighted by Gasteiger charge is 1.95. The smallest absolute Gasteiger partial charge is 0.0178 e. The van der Waals surface area contributed by atoms with Crippen LogP contribution in [-0.2, 0) is 6.54 Å². The van der Waals surface area contributed by atoms with E-state index in [-0.39, 0.29) is 0 Å². The van der Waals surface area contributed by atoms with Gasteiger partial charge in [-0.2, -0.15) is 0 Å².